The van der Waals surface area contributed by atoms with E-state index in [1.54, 1.807) is 0 Å². The molecule has 19 heavy (non-hydrogen) atoms. The van der Waals surface area contributed by atoms with Crippen LogP contribution in [0.15, 0.2) is 24.3 Å². The monoisotopic (exact) mass is 262 g/mol. The Morgan fingerprint density at radius 3 is 1.37 bits per heavy atom. The zero-order chi connectivity index (χ0) is 13.8. The summed E-state index contributed by atoms with van der Waals surface area (Å²) >= 11 is 0. The van der Waals surface area contributed by atoms with Crippen LogP contribution in [0.5, 0.6) is 0 Å². The largest absolute Gasteiger partial charge is 0.386 e. The zero-order valence-electron chi connectivity index (χ0n) is 11.5. The first kappa shape index (κ1) is 14.0. The van der Waals surface area contributed by atoms with E-state index in [1.165, 1.54) is 0 Å². The van der Waals surface area contributed by atoms with Crippen molar-refractivity contribution < 1.29 is 14.3 Å². The second-order valence-electron chi connectivity index (χ2n) is 5.69. The van der Waals surface area contributed by atoms with Crippen LogP contribution in [0, 0.1) is 11.8 Å². The molecule has 0 aliphatic heterocycles. The van der Waals surface area contributed by atoms with Crippen LogP contribution in [0.1, 0.15) is 51.4 Å². The topological polar surface area (TPSA) is 43.4 Å². The lowest BCUT2D eigenvalue weighted by Crippen LogP contribution is -2.20. The van der Waals surface area contributed by atoms with Crippen molar-refractivity contribution in [1.82, 2.24) is 0 Å². The molecule has 0 N–H and O–H groups in total. The van der Waals surface area contributed by atoms with E-state index < -0.39 is 11.9 Å². The lowest BCUT2D eigenvalue weighted by molar-refractivity contribution is -0.154. The molecular formula is C16H22O3. The van der Waals surface area contributed by atoms with Crippen molar-refractivity contribution in [2.75, 3.05) is 0 Å². The third-order valence-electron chi connectivity index (χ3n) is 4.41. The summed E-state index contributed by atoms with van der Waals surface area (Å²) in [5.41, 5.74) is 0.898. The highest BCUT2D eigenvalue weighted by molar-refractivity contribution is 6.01. The molecule has 3 heteroatoms. The zero-order valence-corrected chi connectivity index (χ0v) is 11.5. The van der Waals surface area contributed by atoms with Crippen molar-refractivity contribution in [2.24, 2.45) is 11.8 Å². The Morgan fingerprint density at radius 1 is 0.737 bits per heavy atom. The number of carbonyl (C=O) groups is 2. The maximum Gasteiger partial charge on any atom is 0.341 e. The normalized spacial score (nSPS) is 20.4. The Balaban J connectivity index is 1.85. The van der Waals surface area contributed by atoms with Gasteiger partial charge in [-0.1, -0.05) is 38.8 Å². The first-order valence-electron chi connectivity index (χ1n) is 7.23. The smallest absolute Gasteiger partial charge is 0.341 e. The Labute approximate surface area is 114 Å². The van der Waals surface area contributed by atoms with Gasteiger partial charge in [0.05, 0.1) is 0 Å². The second kappa shape index (κ2) is 6.18. The standard InChI is InChI=1S/C16H22O3/c1-11(13-7-3-4-8-13)15(17)19-16(18)12(2)14-9-5-6-10-14/h13-14H,1-10H2. The van der Waals surface area contributed by atoms with Gasteiger partial charge < -0.3 is 4.74 Å². The van der Waals surface area contributed by atoms with Crippen LogP contribution in [-0.4, -0.2) is 11.9 Å². The van der Waals surface area contributed by atoms with Crippen LogP contribution in [0.3, 0.4) is 0 Å². The molecule has 2 rings (SSSR count). The van der Waals surface area contributed by atoms with Gasteiger partial charge >= 0.3 is 11.9 Å². The van der Waals surface area contributed by atoms with Gasteiger partial charge in [-0.2, -0.15) is 0 Å². The van der Waals surface area contributed by atoms with Crippen molar-refractivity contribution in [3.05, 3.63) is 24.3 Å². The molecule has 0 aromatic heterocycles. The number of hydrogen-bond donors (Lipinski definition) is 0. The quantitative estimate of drug-likeness (QED) is 0.442. The Kier molecular flexibility index (Phi) is 4.56. The van der Waals surface area contributed by atoms with Gasteiger partial charge in [-0.25, -0.2) is 9.59 Å². The SMILES string of the molecule is C=C(C(=O)OC(=O)C(=C)C1CCCC1)C1CCCC1. The van der Waals surface area contributed by atoms with E-state index in [2.05, 4.69) is 13.2 Å². The summed E-state index contributed by atoms with van der Waals surface area (Å²) in [5, 5.41) is 0. The molecule has 0 heterocycles. The Morgan fingerprint density at radius 2 is 1.05 bits per heavy atom. The Hall–Kier alpha value is -1.38. The molecule has 3 nitrogen and oxygen atoms in total. The van der Waals surface area contributed by atoms with Gasteiger partial charge in [-0.3, -0.25) is 0 Å². The fraction of sp³-hybridized carbons (Fsp3) is 0.625. The molecule has 0 atom stereocenters. The van der Waals surface area contributed by atoms with Gasteiger partial charge in [-0.15, -0.1) is 0 Å². The highest BCUT2D eigenvalue weighted by Crippen LogP contribution is 2.32. The molecule has 0 aromatic rings. The lowest BCUT2D eigenvalue weighted by atomic mass is 9.98. The maximum absolute atomic E-state index is 11.9. The van der Waals surface area contributed by atoms with E-state index >= 15 is 0 Å². The van der Waals surface area contributed by atoms with Gasteiger partial charge in [0.15, 0.2) is 0 Å². The van der Waals surface area contributed by atoms with Crippen molar-refractivity contribution in [2.45, 2.75) is 51.4 Å². The van der Waals surface area contributed by atoms with Crippen LogP contribution >= 0.6 is 0 Å². The summed E-state index contributed by atoms with van der Waals surface area (Å²) in [4.78, 5) is 23.8. The molecule has 2 saturated carbocycles. The molecule has 0 amide bonds. The molecule has 2 aliphatic rings. The number of rotatable bonds is 4. The summed E-state index contributed by atoms with van der Waals surface area (Å²) in [5.74, 6) is -0.729. The molecule has 2 aliphatic carbocycles. The minimum absolute atomic E-state index is 0.194. The number of esters is 2. The summed E-state index contributed by atoms with van der Waals surface area (Å²) in [6.45, 7) is 7.58. The van der Waals surface area contributed by atoms with E-state index in [0.29, 0.717) is 11.1 Å². The molecule has 0 unspecified atom stereocenters. The van der Waals surface area contributed by atoms with Crippen LogP contribution < -0.4 is 0 Å². The third-order valence-corrected chi connectivity index (χ3v) is 4.41. The van der Waals surface area contributed by atoms with E-state index in [4.69, 9.17) is 4.74 Å². The van der Waals surface area contributed by atoms with E-state index in [1.807, 2.05) is 0 Å². The fourth-order valence-corrected chi connectivity index (χ4v) is 3.10. The summed E-state index contributed by atoms with van der Waals surface area (Å²) in [7, 11) is 0. The average molecular weight is 262 g/mol. The fourth-order valence-electron chi connectivity index (χ4n) is 3.10. The number of hydrogen-bond acceptors (Lipinski definition) is 3. The van der Waals surface area contributed by atoms with Gasteiger partial charge in [-0.05, 0) is 37.5 Å². The molecule has 2 fully saturated rings. The summed E-state index contributed by atoms with van der Waals surface area (Å²) in [6.07, 6.45) is 8.41. The first-order chi connectivity index (χ1) is 9.09. The molecule has 104 valence electrons. The van der Waals surface area contributed by atoms with E-state index in [-0.39, 0.29) is 11.8 Å². The van der Waals surface area contributed by atoms with Crippen LogP contribution in [-0.2, 0) is 14.3 Å². The predicted octanol–water partition coefficient (Wildman–Crippen LogP) is 3.55. The minimum Gasteiger partial charge on any atom is -0.386 e. The molecular weight excluding hydrogens is 240 g/mol. The van der Waals surface area contributed by atoms with Crippen molar-refractivity contribution >= 4 is 11.9 Å². The number of carbonyl (C=O) groups excluding carboxylic acids is 2. The minimum atomic E-state index is -0.559. The van der Waals surface area contributed by atoms with Gasteiger partial charge in [0.1, 0.15) is 0 Å². The van der Waals surface area contributed by atoms with Crippen molar-refractivity contribution in [3.63, 3.8) is 0 Å². The van der Waals surface area contributed by atoms with E-state index in [9.17, 15) is 9.59 Å². The van der Waals surface area contributed by atoms with Gasteiger partial charge in [0.25, 0.3) is 0 Å². The average Bonchev–Trinajstić information content (AvgIpc) is 3.09. The molecule has 0 bridgehead atoms. The molecule has 0 radical (unpaired) electrons. The summed E-state index contributed by atoms with van der Waals surface area (Å²) in [6, 6.07) is 0. The predicted molar refractivity (Wildman–Crippen MR) is 73.3 cm³/mol. The maximum atomic E-state index is 11.9. The number of ether oxygens (including phenoxy) is 1. The van der Waals surface area contributed by atoms with Crippen LogP contribution in [0.2, 0.25) is 0 Å². The van der Waals surface area contributed by atoms with Crippen LogP contribution in [0.4, 0.5) is 0 Å². The van der Waals surface area contributed by atoms with Crippen LogP contribution in [0.25, 0.3) is 0 Å². The third kappa shape index (κ3) is 3.34. The molecule has 0 spiro atoms. The van der Waals surface area contributed by atoms with Gasteiger partial charge in [0.2, 0.25) is 0 Å². The van der Waals surface area contributed by atoms with Crippen molar-refractivity contribution in [1.29, 1.82) is 0 Å². The second-order valence-corrected chi connectivity index (χ2v) is 5.69. The van der Waals surface area contributed by atoms with Gasteiger partial charge in [0, 0.05) is 11.1 Å². The van der Waals surface area contributed by atoms with E-state index in [0.717, 1.165) is 51.4 Å². The lowest BCUT2D eigenvalue weighted by Gasteiger charge is -2.14. The summed E-state index contributed by atoms with van der Waals surface area (Å²) < 4.78 is 4.92. The highest BCUT2D eigenvalue weighted by atomic mass is 16.6. The molecule has 0 saturated heterocycles. The Bertz CT molecular complexity index is 358. The molecule has 0 aromatic carbocycles. The highest BCUT2D eigenvalue weighted by Gasteiger charge is 2.28. The first-order valence-corrected chi connectivity index (χ1v) is 7.23. The van der Waals surface area contributed by atoms with Crippen molar-refractivity contribution in [3.8, 4) is 0 Å².